The maximum absolute atomic E-state index is 13.3. The van der Waals surface area contributed by atoms with Gasteiger partial charge in [-0.25, -0.2) is 13.4 Å². The summed E-state index contributed by atoms with van der Waals surface area (Å²) in [5.74, 6) is 1.48. The normalized spacial score (nSPS) is 18.2. The van der Waals surface area contributed by atoms with Crippen molar-refractivity contribution in [3.63, 3.8) is 0 Å². The number of nitrogens with one attached hydrogen (secondary N) is 1. The van der Waals surface area contributed by atoms with Gasteiger partial charge in [-0.3, -0.25) is 9.36 Å². The third kappa shape index (κ3) is 5.13. The second-order valence-corrected chi connectivity index (χ2v) is 13.0. The summed E-state index contributed by atoms with van der Waals surface area (Å²) < 4.78 is 29.9. The van der Waals surface area contributed by atoms with Crippen LogP contribution in [0.15, 0.2) is 40.2 Å². The van der Waals surface area contributed by atoms with Crippen molar-refractivity contribution in [1.29, 1.82) is 0 Å². The molecule has 0 unspecified atom stereocenters. The first kappa shape index (κ1) is 26.1. The molecule has 0 bridgehead atoms. The Hall–Kier alpha value is -2.49. The molecule has 0 atom stereocenters. The molecule has 1 aliphatic heterocycles. The van der Waals surface area contributed by atoms with E-state index in [1.807, 2.05) is 6.92 Å². The Labute approximate surface area is 223 Å². The molecule has 198 valence electrons. The van der Waals surface area contributed by atoms with E-state index in [0.29, 0.717) is 52.5 Å². The quantitative estimate of drug-likeness (QED) is 0.430. The second kappa shape index (κ2) is 10.3. The molecule has 2 aromatic heterocycles. The van der Waals surface area contributed by atoms with E-state index in [-0.39, 0.29) is 16.6 Å². The lowest BCUT2D eigenvalue weighted by atomic mass is 9.87. The van der Waals surface area contributed by atoms with Crippen LogP contribution in [0.5, 0.6) is 0 Å². The van der Waals surface area contributed by atoms with Crippen molar-refractivity contribution >= 4 is 44.3 Å². The average Bonchev–Trinajstić information content (AvgIpc) is 3.40. The van der Waals surface area contributed by atoms with Gasteiger partial charge in [0.1, 0.15) is 10.7 Å². The second-order valence-electron chi connectivity index (χ2n) is 10.7. The Morgan fingerprint density at radius 1 is 1.08 bits per heavy atom. The predicted molar refractivity (Wildman–Crippen MR) is 147 cm³/mol. The van der Waals surface area contributed by atoms with E-state index in [9.17, 15) is 13.2 Å². The van der Waals surface area contributed by atoms with Crippen molar-refractivity contribution in [2.24, 2.45) is 11.8 Å². The number of hydrogen-bond acceptors (Lipinski definition) is 6. The molecule has 3 heterocycles. The zero-order valence-corrected chi connectivity index (χ0v) is 23.1. The van der Waals surface area contributed by atoms with Gasteiger partial charge in [0.2, 0.25) is 16.0 Å². The molecule has 8 nitrogen and oxygen atoms in total. The number of hydrogen-bond donors (Lipinski definition) is 1. The highest BCUT2D eigenvalue weighted by Gasteiger charge is 2.30. The number of rotatable bonds is 6. The summed E-state index contributed by atoms with van der Waals surface area (Å²) in [6.45, 7) is 7.38. The third-order valence-electron chi connectivity index (χ3n) is 7.94. The summed E-state index contributed by atoms with van der Waals surface area (Å²) in [6, 6.07) is 6.77. The highest BCUT2D eigenvalue weighted by Crippen LogP contribution is 2.32. The lowest BCUT2D eigenvalue weighted by Crippen LogP contribution is -2.39. The Balaban J connectivity index is 1.40. The summed E-state index contributed by atoms with van der Waals surface area (Å²) in [5.41, 5.74) is 1.81. The smallest absolute Gasteiger partial charge is 0.271 e. The standard InChI is InChI=1S/C27H34ClN5O3S/c1-17(2)19-10-12-32(13-11-19)37(35,36)22-8-9-24(18(3)14-22)30-27-29-16-20-15-23(28)26(34)33(25(20)31-27)21-6-4-5-7-21/h8-9,14-17,19,21H,4-7,10-13H2,1-3H3,(H,29,30,31). The maximum atomic E-state index is 13.3. The minimum absolute atomic E-state index is 0.0771. The molecule has 5 rings (SSSR count). The van der Waals surface area contributed by atoms with E-state index < -0.39 is 10.0 Å². The van der Waals surface area contributed by atoms with Gasteiger partial charge in [-0.1, -0.05) is 38.3 Å². The summed E-state index contributed by atoms with van der Waals surface area (Å²) in [5, 5.41) is 4.09. The number of aryl methyl sites for hydroxylation is 1. The molecule has 1 aromatic carbocycles. The first-order valence-electron chi connectivity index (χ1n) is 13.1. The molecule has 0 radical (unpaired) electrons. The van der Waals surface area contributed by atoms with Crippen LogP contribution in [0.1, 0.15) is 64.0 Å². The number of pyridine rings is 1. The largest absolute Gasteiger partial charge is 0.324 e. The topological polar surface area (TPSA) is 97.2 Å². The van der Waals surface area contributed by atoms with E-state index in [2.05, 4.69) is 29.1 Å². The molecule has 3 aromatic rings. The number of anilines is 2. The molecule has 2 aliphatic rings. The van der Waals surface area contributed by atoms with Crippen LogP contribution < -0.4 is 10.9 Å². The fourth-order valence-corrected chi connectivity index (χ4v) is 7.40. The number of fused-ring (bicyclic) bond motifs is 1. The monoisotopic (exact) mass is 543 g/mol. The molecule has 2 fully saturated rings. The van der Waals surface area contributed by atoms with Crippen molar-refractivity contribution in [1.82, 2.24) is 18.8 Å². The van der Waals surface area contributed by atoms with Crippen LogP contribution in [0.2, 0.25) is 5.02 Å². The molecule has 37 heavy (non-hydrogen) atoms. The number of aromatic nitrogens is 3. The number of sulfonamides is 1. The van der Waals surface area contributed by atoms with Gasteiger partial charge < -0.3 is 5.32 Å². The van der Waals surface area contributed by atoms with Gasteiger partial charge in [0.05, 0.1) is 4.90 Å². The van der Waals surface area contributed by atoms with Crippen LogP contribution in [0.3, 0.4) is 0 Å². The molecular formula is C27H34ClN5O3S. The lowest BCUT2D eigenvalue weighted by Gasteiger charge is -2.33. The van der Waals surface area contributed by atoms with Gasteiger partial charge in [-0.05, 0) is 74.3 Å². The number of piperidine rings is 1. The minimum Gasteiger partial charge on any atom is -0.324 e. The highest BCUT2D eigenvalue weighted by atomic mass is 35.5. The van der Waals surface area contributed by atoms with E-state index in [4.69, 9.17) is 11.6 Å². The Morgan fingerprint density at radius 3 is 2.43 bits per heavy atom. The van der Waals surface area contributed by atoms with Crippen LogP contribution in [0, 0.1) is 18.8 Å². The van der Waals surface area contributed by atoms with Crippen LogP contribution in [0.25, 0.3) is 11.0 Å². The number of halogens is 1. The summed E-state index contributed by atoms with van der Waals surface area (Å²) in [7, 11) is -3.55. The average molecular weight is 544 g/mol. The summed E-state index contributed by atoms with van der Waals surface area (Å²) in [6.07, 6.45) is 7.45. The van der Waals surface area contributed by atoms with Gasteiger partial charge in [-0.15, -0.1) is 0 Å². The van der Waals surface area contributed by atoms with E-state index in [1.165, 1.54) is 0 Å². The Kier molecular flexibility index (Phi) is 7.31. The van der Waals surface area contributed by atoms with Crippen molar-refractivity contribution in [3.8, 4) is 0 Å². The number of nitrogens with zero attached hydrogens (tertiary/aromatic N) is 4. The van der Waals surface area contributed by atoms with Gasteiger partial charge in [-0.2, -0.15) is 9.29 Å². The maximum Gasteiger partial charge on any atom is 0.271 e. The first-order chi connectivity index (χ1) is 17.6. The Morgan fingerprint density at radius 2 is 1.78 bits per heavy atom. The number of benzene rings is 1. The Bertz CT molecular complexity index is 1470. The van der Waals surface area contributed by atoms with Gasteiger partial charge >= 0.3 is 0 Å². The van der Waals surface area contributed by atoms with Gasteiger partial charge in [0.25, 0.3) is 5.56 Å². The fourth-order valence-electron chi connectivity index (χ4n) is 5.64. The van der Waals surface area contributed by atoms with Crippen LogP contribution in [-0.2, 0) is 10.0 Å². The SMILES string of the molecule is Cc1cc(S(=O)(=O)N2CCC(C(C)C)CC2)ccc1Nc1ncc2cc(Cl)c(=O)n(C3CCCC3)c2n1. The molecule has 10 heteroatoms. The van der Waals surface area contributed by atoms with Crippen LogP contribution >= 0.6 is 11.6 Å². The van der Waals surface area contributed by atoms with E-state index >= 15 is 0 Å². The lowest BCUT2D eigenvalue weighted by molar-refractivity contribution is 0.226. The third-order valence-corrected chi connectivity index (χ3v) is 10.1. The van der Waals surface area contributed by atoms with Crippen molar-refractivity contribution in [3.05, 3.63) is 51.4 Å². The van der Waals surface area contributed by atoms with Crippen molar-refractivity contribution in [2.75, 3.05) is 18.4 Å². The summed E-state index contributed by atoms with van der Waals surface area (Å²) in [4.78, 5) is 22.3. The molecule has 0 spiro atoms. The molecule has 1 saturated carbocycles. The minimum atomic E-state index is -3.55. The molecule has 1 N–H and O–H groups in total. The van der Waals surface area contributed by atoms with E-state index in [1.54, 1.807) is 39.3 Å². The van der Waals surface area contributed by atoms with E-state index in [0.717, 1.165) is 44.1 Å². The molecule has 0 amide bonds. The zero-order valence-electron chi connectivity index (χ0n) is 21.6. The molecule has 1 saturated heterocycles. The zero-order chi connectivity index (χ0) is 26.3. The van der Waals surface area contributed by atoms with Crippen LogP contribution in [-0.4, -0.2) is 40.3 Å². The summed E-state index contributed by atoms with van der Waals surface area (Å²) >= 11 is 6.23. The van der Waals surface area contributed by atoms with Crippen molar-refractivity contribution in [2.45, 2.75) is 70.2 Å². The first-order valence-corrected chi connectivity index (χ1v) is 14.9. The highest BCUT2D eigenvalue weighted by molar-refractivity contribution is 7.89. The van der Waals surface area contributed by atoms with Gasteiger partial charge in [0.15, 0.2) is 0 Å². The molecular weight excluding hydrogens is 510 g/mol. The van der Waals surface area contributed by atoms with Crippen molar-refractivity contribution < 1.29 is 8.42 Å². The van der Waals surface area contributed by atoms with Crippen LogP contribution in [0.4, 0.5) is 11.6 Å². The molecule has 1 aliphatic carbocycles. The van der Waals surface area contributed by atoms with Gasteiger partial charge in [0, 0.05) is 36.4 Å². The fraction of sp³-hybridized carbons (Fsp3) is 0.519. The predicted octanol–water partition coefficient (Wildman–Crippen LogP) is 5.67.